The largest absolute Gasteiger partial charge is 0.106 e. The van der Waals surface area contributed by atoms with Crippen LogP contribution in [-0.2, 0) is 0 Å². The van der Waals surface area contributed by atoms with Gasteiger partial charge in [-0.3, -0.25) is 0 Å². The Morgan fingerprint density at radius 1 is 0.667 bits per heavy atom. The third kappa shape index (κ3) is 17.3. The molecule has 0 fully saturated rings. The summed E-state index contributed by atoms with van der Waals surface area (Å²) >= 11 is 0. The van der Waals surface area contributed by atoms with Crippen molar-refractivity contribution in [2.45, 2.75) is 82.6 Å². The molecular weight excluding hydrogens is 432 g/mol. The lowest BCUT2D eigenvalue weighted by molar-refractivity contribution is 0.913. The summed E-state index contributed by atoms with van der Waals surface area (Å²) in [6, 6.07) is 16.9. The Morgan fingerprint density at radius 2 is 1.11 bits per heavy atom. The molecule has 0 heterocycles. The number of rotatable bonds is 1. The molecule has 0 nitrogen and oxygen atoms in total. The topological polar surface area (TPSA) is 0 Å². The maximum Gasteiger partial charge on any atom is -0.0154 e. The van der Waals surface area contributed by atoms with E-state index in [0.29, 0.717) is 0 Å². The SMILES string of the molecule is C.C=C.C=C.C=C(C)C1=CC=C(C)CC1.CC.CC.CC1=Cc2ccccc21.Cc1ccc(C)cc1. The Balaban J connectivity index is -0.000000185. The molecule has 0 saturated carbocycles. The van der Waals surface area contributed by atoms with Gasteiger partial charge in [0.1, 0.15) is 0 Å². The first-order valence-corrected chi connectivity index (χ1v) is 12.7. The van der Waals surface area contributed by atoms with Crippen LogP contribution in [0.3, 0.4) is 0 Å². The molecule has 0 heteroatoms. The molecule has 0 unspecified atom stereocenters. The monoisotopic (exact) mass is 488 g/mol. The van der Waals surface area contributed by atoms with Crippen LogP contribution in [0.25, 0.3) is 11.6 Å². The van der Waals surface area contributed by atoms with E-state index in [1.807, 2.05) is 27.7 Å². The van der Waals surface area contributed by atoms with E-state index in [0.717, 1.165) is 0 Å². The maximum absolute atomic E-state index is 3.91. The fourth-order valence-electron chi connectivity index (χ4n) is 2.95. The average Bonchev–Trinajstić information content (AvgIpc) is 2.91. The summed E-state index contributed by atoms with van der Waals surface area (Å²) < 4.78 is 0. The second kappa shape index (κ2) is 26.5. The number of fused-ring (bicyclic) bond motifs is 1. The van der Waals surface area contributed by atoms with Crippen LogP contribution >= 0.6 is 0 Å². The van der Waals surface area contributed by atoms with Gasteiger partial charge in [-0.25, -0.2) is 0 Å². The highest BCUT2D eigenvalue weighted by Crippen LogP contribution is 2.30. The molecule has 36 heavy (non-hydrogen) atoms. The molecule has 0 bridgehead atoms. The van der Waals surface area contributed by atoms with Crippen molar-refractivity contribution in [3.05, 3.63) is 133 Å². The zero-order chi connectivity index (χ0) is 27.8. The van der Waals surface area contributed by atoms with E-state index in [1.54, 1.807) is 0 Å². The predicted octanol–water partition coefficient (Wildman–Crippen LogP) is 12.4. The summed E-state index contributed by atoms with van der Waals surface area (Å²) in [5.74, 6) is 0. The molecular formula is C36H56. The second-order valence-corrected chi connectivity index (χ2v) is 7.55. The highest BCUT2D eigenvalue weighted by atomic mass is 14.1. The molecule has 0 radical (unpaired) electrons. The lowest BCUT2D eigenvalue weighted by Crippen LogP contribution is -1.93. The van der Waals surface area contributed by atoms with Crippen molar-refractivity contribution < 1.29 is 0 Å². The van der Waals surface area contributed by atoms with Crippen LogP contribution in [0.1, 0.15) is 91.0 Å². The molecule has 0 atom stereocenters. The highest BCUT2D eigenvalue weighted by molar-refractivity contribution is 5.94. The van der Waals surface area contributed by atoms with Gasteiger partial charge in [-0.15, -0.1) is 26.3 Å². The van der Waals surface area contributed by atoms with Crippen molar-refractivity contribution in [2.24, 2.45) is 0 Å². The minimum atomic E-state index is 0. The number of hydrogen-bond acceptors (Lipinski definition) is 0. The van der Waals surface area contributed by atoms with Gasteiger partial charge in [0.25, 0.3) is 0 Å². The predicted molar refractivity (Wildman–Crippen MR) is 174 cm³/mol. The van der Waals surface area contributed by atoms with E-state index >= 15 is 0 Å². The van der Waals surface area contributed by atoms with Gasteiger partial charge in [0.2, 0.25) is 0 Å². The summed E-state index contributed by atoms with van der Waals surface area (Å²) in [5.41, 5.74) is 11.0. The zero-order valence-electron chi connectivity index (χ0n) is 24.3. The van der Waals surface area contributed by atoms with E-state index < -0.39 is 0 Å². The Morgan fingerprint density at radius 3 is 1.42 bits per heavy atom. The molecule has 0 aromatic heterocycles. The third-order valence-electron chi connectivity index (χ3n) is 4.88. The van der Waals surface area contributed by atoms with Crippen molar-refractivity contribution in [3.8, 4) is 0 Å². The van der Waals surface area contributed by atoms with Crippen LogP contribution in [0, 0.1) is 13.8 Å². The summed E-state index contributed by atoms with van der Waals surface area (Å²) in [5, 5.41) is 0. The fraction of sp³-hybridized carbons (Fsp3) is 0.333. The number of aryl methyl sites for hydroxylation is 2. The van der Waals surface area contributed by atoms with Gasteiger partial charge in [-0.05, 0) is 69.7 Å². The molecule has 4 rings (SSSR count). The second-order valence-electron chi connectivity index (χ2n) is 7.55. The van der Waals surface area contributed by atoms with Gasteiger partial charge in [-0.2, -0.15) is 0 Å². The van der Waals surface area contributed by atoms with Crippen LogP contribution in [0.4, 0.5) is 0 Å². The van der Waals surface area contributed by atoms with Crippen molar-refractivity contribution in [2.75, 3.05) is 0 Å². The van der Waals surface area contributed by atoms with Gasteiger partial charge in [0.05, 0.1) is 0 Å². The summed E-state index contributed by atoms with van der Waals surface area (Å²) in [6.45, 7) is 34.5. The van der Waals surface area contributed by atoms with Gasteiger partial charge < -0.3 is 0 Å². The normalized spacial score (nSPS) is 11.0. The van der Waals surface area contributed by atoms with Crippen molar-refractivity contribution in [3.63, 3.8) is 0 Å². The summed E-state index contributed by atoms with van der Waals surface area (Å²) in [4.78, 5) is 0. The van der Waals surface area contributed by atoms with E-state index in [1.165, 1.54) is 57.4 Å². The van der Waals surface area contributed by atoms with E-state index in [9.17, 15) is 0 Å². The summed E-state index contributed by atoms with van der Waals surface area (Å²) in [6.07, 6.45) is 8.96. The van der Waals surface area contributed by atoms with E-state index in [-0.39, 0.29) is 7.43 Å². The van der Waals surface area contributed by atoms with Gasteiger partial charge in [0.15, 0.2) is 0 Å². The number of hydrogen-bond donors (Lipinski definition) is 0. The Hall–Kier alpha value is -3.12. The van der Waals surface area contributed by atoms with Crippen LogP contribution in [0.5, 0.6) is 0 Å². The average molecular weight is 489 g/mol. The van der Waals surface area contributed by atoms with Crippen molar-refractivity contribution in [1.29, 1.82) is 0 Å². The molecule has 0 saturated heterocycles. The van der Waals surface area contributed by atoms with Gasteiger partial charge in [-0.1, -0.05) is 131 Å². The van der Waals surface area contributed by atoms with Crippen molar-refractivity contribution in [1.82, 2.24) is 0 Å². The van der Waals surface area contributed by atoms with E-state index in [4.69, 9.17) is 0 Å². The van der Waals surface area contributed by atoms with Crippen molar-refractivity contribution >= 4 is 11.6 Å². The Bertz CT molecular complexity index is 878. The quantitative estimate of drug-likeness (QED) is 0.350. The lowest BCUT2D eigenvalue weighted by atomic mass is 9.90. The molecule has 0 spiro atoms. The Labute approximate surface area is 226 Å². The minimum absolute atomic E-state index is 0. The first-order valence-electron chi connectivity index (χ1n) is 12.7. The minimum Gasteiger partial charge on any atom is -0.106 e. The summed E-state index contributed by atoms with van der Waals surface area (Å²) in [7, 11) is 0. The standard InChI is InChI=1S/C10H14.C9H8.C8H10.2C2H6.2C2H4.CH4/c1-8(2)10-6-4-9(3)5-7-10;1-7-6-8-4-2-3-5-9(7)8;1-7-3-5-8(2)6-4-7;4*1-2;/h4,6H,1,5,7H2,2-3H3;2-6H,1H3;3-6H,1-2H3;2*1-2H3;2*1-2H2;1H4. The molecule has 0 amide bonds. The fourth-order valence-corrected chi connectivity index (χ4v) is 2.95. The molecule has 2 aliphatic carbocycles. The van der Waals surface area contributed by atoms with Crippen LogP contribution in [0.15, 0.2) is 110 Å². The molecule has 2 aromatic rings. The molecule has 0 aliphatic heterocycles. The number of benzene rings is 2. The highest BCUT2D eigenvalue weighted by Gasteiger charge is 2.08. The lowest BCUT2D eigenvalue weighted by Gasteiger charge is -2.14. The third-order valence-corrected chi connectivity index (χ3v) is 4.88. The molecule has 200 valence electrons. The van der Waals surface area contributed by atoms with Crippen LogP contribution in [-0.4, -0.2) is 0 Å². The number of allylic oxidation sites excluding steroid dienone is 6. The molecule has 2 aliphatic rings. The molecule has 2 aromatic carbocycles. The van der Waals surface area contributed by atoms with E-state index in [2.05, 4.69) is 134 Å². The van der Waals surface area contributed by atoms with Gasteiger partial charge >= 0.3 is 0 Å². The van der Waals surface area contributed by atoms with Crippen LogP contribution < -0.4 is 0 Å². The first-order chi connectivity index (χ1) is 16.9. The van der Waals surface area contributed by atoms with Crippen LogP contribution in [0.2, 0.25) is 0 Å². The zero-order valence-corrected chi connectivity index (χ0v) is 24.3. The maximum atomic E-state index is 3.91. The molecule has 0 N–H and O–H groups in total. The smallest absolute Gasteiger partial charge is 0.0154 e. The Kier molecular flexibility index (Phi) is 29.5. The van der Waals surface area contributed by atoms with Gasteiger partial charge in [0, 0.05) is 0 Å². The first kappa shape index (κ1) is 40.1.